The van der Waals surface area contributed by atoms with Gasteiger partial charge in [0, 0.05) is 13.1 Å². The lowest BCUT2D eigenvalue weighted by Crippen LogP contribution is -2.20. The van der Waals surface area contributed by atoms with E-state index in [1.165, 1.54) is 0 Å². The Morgan fingerprint density at radius 1 is 1.65 bits per heavy atom. The minimum Gasteiger partial charge on any atom is -0.396 e. The topological polar surface area (TPSA) is 116 Å². The molecule has 1 unspecified atom stereocenters. The molecule has 0 saturated carbocycles. The molecule has 2 rings (SSSR count). The van der Waals surface area contributed by atoms with E-state index in [1.807, 2.05) is 11.0 Å². The quantitative estimate of drug-likeness (QED) is 0.678. The first-order valence-corrected chi connectivity index (χ1v) is 5.91. The number of hydrogen-bond acceptors (Lipinski definition) is 6. The Balaban J connectivity index is 2.44. The van der Waals surface area contributed by atoms with Gasteiger partial charge in [0.1, 0.15) is 21.5 Å². The Labute approximate surface area is 102 Å². The molecule has 1 saturated heterocycles. The number of anilines is 2. The Morgan fingerprint density at radius 2 is 2.35 bits per heavy atom. The maximum atomic E-state index is 11.2. The summed E-state index contributed by atoms with van der Waals surface area (Å²) >= 11 is 1.11. The van der Waals surface area contributed by atoms with E-state index in [0.29, 0.717) is 24.5 Å². The van der Waals surface area contributed by atoms with Gasteiger partial charge in [-0.15, -0.1) is 11.3 Å². The van der Waals surface area contributed by atoms with Gasteiger partial charge in [-0.2, -0.15) is 5.26 Å². The number of β-amino-alcohol motifs (C(OH)–C–C–N with tert-alkyl or cyclic N) is 1. The minimum atomic E-state index is -0.630. The molecule has 0 aliphatic carbocycles. The maximum absolute atomic E-state index is 11.2. The number of primary amides is 1. The number of nitrogens with zero attached hydrogens (tertiary/aromatic N) is 2. The summed E-state index contributed by atoms with van der Waals surface area (Å²) in [7, 11) is 0. The fraction of sp³-hybridized carbons (Fsp3) is 0.400. The van der Waals surface area contributed by atoms with E-state index in [-0.39, 0.29) is 16.1 Å². The van der Waals surface area contributed by atoms with Crippen LogP contribution in [0.25, 0.3) is 0 Å². The molecule has 1 aromatic heterocycles. The highest BCUT2D eigenvalue weighted by Crippen LogP contribution is 2.38. The lowest BCUT2D eigenvalue weighted by Gasteiger charge is -2.15. The summed E-state index contributed by atoms with van der Waals surface area (Å²) in [6.07, 6.45) is 0.246. The number of nitrogens with two attached hydrogens (primary N) is 2. The van der Waals surface area contributed by atoms with Gasteiger partial charge in [0.2, 0.25) is 0 Å². The zero-order valence-corrected chi connectivity index (χ0v) is 9.83. The molecular weight excluding hydrogens is 240 g/mol. The van der Waals surface area contributed by atoms with Gasteiger partial charge in [-0.05, 0) is 6.42 Å². The number of aliphatic hydroxyl groups excluding tert-OH is 1. The third kappa shape index (κ3) is 1.92. The molecule has 1 aromatic rings. The van der Waals surface area contributed by atoms with E-state index >= 15 is 0 Å². The van der Waals surface area contributed by atoms with Crippen LogP contribution in [0, 0.1) is 11.3 Å². The fourth-order valence-electron chi connectivity index (χ4n) is 1.87. The van der Waals surface area contributed by atoms with Crippen molar-refractivity contribution in [1.82, 2.24) is 0 Å². The predicted octanol–water partition coefficient (Wildman–Crippen LogP) is -0.128. The van der Waals surface area contributed by atoms with Gasteiger partial charge in [0.05, 0.1) is 11.8 Å². The van der Waals surface area contributed by atoms with Crippen LogP contribution >= 0.6 is 11.3 Å². The van der Waals surface area contributed by atoms with Crippen molar-refractivity contribution in [2.45, 2.75) is 12.5 Å². The minimum absolute atomic E-state index is 0.140. The van der Waals surface area contributed by atoms with Crippen molar-refractivity contribution in [1.29, 1.82) is 5.26 Å². The molecule has 1 aliphatic heterocycles. The number of nitrogen functional groups attached to an aromatic ring is 1. The van der Waals surface area contributed by atoms with Crippen LogP contribution in [0.2, 0.25) is 0 Å². The van der Waals surface area contributed by atoms with Crippen LogP contribution in [-0.4, -0.2) is 30.2 Å². The molecular formula is C10H12N4O2S. The Hall–Kier alpha value is -1.78. The number of carbonyl (C=O) groups is 1. The van der Waals surface area contributed by atoms with Gasteiger partial charge in [-0.25, -0.2) is 0 Å². The molecule has 0 aromatic carbocycles. The van der Waals surface area contributed by atoms with E-state index in [4.69, 9.17) is 16.7 Å². The fourth-order valence-corrected chi connectivity index (χ4v) is 2.93. The summed E-state index contributed by atoms with van der Waals surface area (Å²) in [4.78, 5) is 13.2. The zero-order valence-electron chi connectivity index (χ0n) is 9.01. The monoisotopic (exact) mass is 252 g/mol. The van der Waals surface area contributed by atoms with E-state index in [9.17, 15) is 9.90 Å². The van der Waals surface area contributed by atoms with Crippen LogP contribution in [0.5, 0.6) is 0 Å². The Bertz CT molecular complexity index is 505. The smallest absolute Gasteiger partial charge is 0.261 e. The van der Waals surface area contributed by atoms with Crippen molar-refractivity contribution in [3.63, 3.8) is 0 Å². The largest absolute Gasteiger partial charge is 0.396 e. The molecule has 17 heavy (non-hydrogen) atoms. The first kappa shape index (κ1) is 11.7. The Morgan fingerprint density at radius 3 is 2.82 bits per heavy atom. The first-order chi connectivity index (χ1) is 8.04. The van der Waals surface area contributed by atoms with Crippen molar-refractivity contribution in [3.05, 3.63) is 10.4 Å². The van der Waals surface area contributed by atoms with Crippen LogP contribution in [0.4, 0.5) is 10.7 Å². The molecule has 2 heterocycles. The van der Waals surface area contributed by atoms with Crippen molar-refractivity contribution < 1.29 is 9.90 Å². The second-order valence-corrected chi connectivity index (χ2v) is 4.89. The summed E-state index contributed by atoms with van der Waals surface area (Å²) in [5.41, 5.74) is 11.3. The van der Waals surface area contributed by atoms with Gasteiger partial charge in [-0.1, -0.05) is 0 Å². The summed E-state index contributed by atoms with van der Waals surface area (Å²) in [6, 6.07) is 1.99. The van der Waals surface area contributed by atoms with Gasteiger partial charge >= 0.3 is 0 Å². The zero-order chi connectivity index (χ0) is 12.6. The molecule has 0 spiro atoms. The van der Waals surface area contributed by atoms with Crippen LogP contribution in [0.1, 0.15) is 21.7 Å². The average Bonchev–Trinajstić information content (AvgIpc) is 2.82. The van der Waals surface area contributed by atoms with E-state index in [1.54, 1.807) is 0 Å². The van der Waals surface area contributed by atoms with E-state index < -0.39 is 12.0 Å². The molecule has 0 radical (unpaired) electrons. The number of thiophene rings is 1. The number of nitriles is 1. The molecule has 1 fully saturated rings. The molecule has 7 heteroatoms. The highest BCUT2D eigenvalue weighted by Gasteiger charge is 2.27. The van der Waals surface area contributed by atoms with Crippen molar-refractivity contribution in [2.24, 2.45) is 5.73 Å². The van der Waals surface area contributed by atoms with Crippen LogP contribution in [-0.2, 0) is 0 Å². The van der Waals surface area contributed by atoms with E-state index in [0.717, 1.165) is 11.3 Å². The average molecular weight is 252 g/mol. The number of rotatable bonds is 2. The number of aliphatic hydroxyl groups is 1. The molecule has 0 bridgehead atoms. The summed E-state index contributed by atoms with van der Waals surface area (Å²) < 4.78 is 0. The summed E-state index contributed by atoms with van der Waals surface area (Å²) in [6.45, 7) is 1.10. The first-order valence-electron chi connectivity index (χ1n) is 5.09. The normalized spacial score (nSPS) is 19.3. The van der Waals surface area contributed by atoms with E-state index in [2.05, 4.69) is 0 Å². The SMILES string of the molecule is N#Cc1c(N2CCC(O)C2)sc(C(N)=O)c1N. The van der Waals surface area contributed by atoms with Crippen LogP contribution < -0.4 is 16.4 Å². The predicted molar refractivity (Wildman–Crippen MR) is 64.8 cm³/mol. The summed E-state index contributed by atoms with van der Waals surface area (Å²) in [5, 5.41) is 19.1. The second kappa shape index (κ2) is 4.24. The lowest BCUT2D eigenvalue weighted by atomic mass is 10.2. The Kier molecular flexibility index (Phi) is 2.92. The van der Waals surface area contributed by atoms with Crippen molar-refractivity contribution >= 4 is 27.9 Å². The number of amides is 1. The van der Waals surface area contributed by atoms with Crippen LogP contribution in [0.15, 0.2) is 0 Å². The standard InChI is InChI=1S/C10H12N4O2S/c11-3-6-7(12)8(9(13)16)17-10(6)14-2-1-5(15)4-14/h5,15H,1-2,4,12H2,(H2,13,16). The molecule has 5 N–H and O–H groups in total. The van der Waals surface area contributed by atoms with Gasteiger partial charge < -0.3 is 21.5 Å². The van der Waals surface area contributed by atoms with Crippen molar-refractivity contribution in [2.75, 3.05) is 23.7 Å². The van der Waals surface area contributed by atoms with Crippen LogP contribution in [0.3, 0.4) is 0 Å². The van der Waals surface area contributed by atoms with Gasteiger partial charge in [-0.3, -0.25) is 4.79 Å². The highest BCUT2D eigenvalue weighted by atomic mass is 32.1. The summed E-state index contributed by atoms with van der Waals surface area (Å²) in [5.74, 6) is -0.630. The lowest BCUT2D eigenvalue weighted by molar-refractivity contribution is 0.100. The highest BCUT2D eigenvalue weighted by molar-refractivity contribution is 7.19. The van der Waals surface area contributed by atoms with Gasteiger partial charge in [0.15, 0.2) is 0 Å². The molecule has 1 aliphatic rings. The molecule has 6 nitrogen and oxygen atoms in total. The maximum Gasteiger partial charge on any atom is 0.261 e. The molecule has 90 valence electrons. The number of hydrogen-bond donors (Lipinski definition) is 3. The van der Waals surface area contributed by atoms with Gasteiger partial charge in [0.25, 0.3) is 5.91 Å². The second-order valence-electron chi connectivity index (χ2n) is 3.89. The number of carbonyl (C=O) groups excluding carboxylic acids is 1. The van der Waals surface area contributed by atoms with Crippen molar-refractivity contribution in [3.8, 4) is 6.07 Å². The molecule has 1 amide bonds. The third-order valence-corrected chi connectivity index (χ3v) is 3.99. The third-order valence-electron chi connectivity index (χ3n) is 2.71. The molecule has 1 atom stereocenters.